The Kier molecular flexibility index (Phi) is 31.0. The second-order valence-electron chi connectivity index (χ2n) is 15.1. The Bertz CT molecular complexity index is 756. The van der Waals surface area contributed by atoms with Crippen LogP contribution in [0.5, 0.6) is 0 Å². The lowest BCUT2D eigenvalue weighted by molar-refractivity contribution is -0.302. The van der Waals surface area contributed by atoms with Gasteiger partial charge < -0.3 is 40.3 Å². The Hall–Kier alpha value is -0.810. The molecule has 0 aromatic rings. The van der Waals surface area contributed by atoms with E-state index in [1.165, 1.54) is 135 Å². The Labute approximate surface area is 306 Å². The summed E-state index contributed by atoms with van der Waals surface area (Å²) in [7, 11) is 0. The molecule has 0 aliphatic carbocycles. The Balaban J connectivity index is 2.22. The average Bonchev–Trinajstić information content (AvgIpc) is 3.11. The summed E-state index contributed by atoms with van der Waals surface area (Å²) in [6, 6.07) is -0.708. The molecule has 9 nitrogen and oxygen atoms in total. The molecule has 9 heteroatoms. The van der Waals surface area contributed by atoms with E-state index in [-0.39, 0.29) is 12.5 Å². The van der Waals surface area contributed by atoms with E-state index in [0.717, 1.165) is 38.5 Å². The summed E-state index contributed by atoms with van der Waals surface area (Å²) in [5.41, 5.74) is 0. The van der Waals surface area contributed by atoms with Crippen LogP contribution in [0.3, 0.4) is 0 Å². The van der Waals surface area contributed by atoms with Gasteiger partial charge in [0.25, 0.3) is 0 Å². The highest BCUT2D eigenvalue weighted by molar-refractivity contribution is 5.76. The number of carbonyl (C=O) groups excluding carboxylic acids is 1. The summed E-state index contributed by atoms with van der Waals surface area (Å²) in [5, 5.41) is 54.0. The minimum absolute atomic E-state index is 0.134. The van der Waals surface area contributed by atoms with Crippen LogP contribution < -0.4 is 5.32 Å². The molecule has 0 saturated carbocycles. The predicted molar refractivity (Wildman–Crippen MR) is 203 cm³/mol. The number of rotatable bonds is 35. The van der Waals surface area contributed by atoms with Crippen molar-refractivity contribution in [1.82, 2.24) is 5.32 Å². The van der Waals surface area contributed by atoms with Crippen molar-refractivity contribution < 1.29 is 39.8 Å². The molecule has 50 heavy (non-hydrogen) atoms. The van der Waals surface area contributed by atoms with Crippen molar-refractivity contribution in [2.45, 2.75) is 243 Å². The van der Waals surface area contributed by atoms with Crippen LogP contribution in [0.1, 0.15) is 200 Å². The van der Waals surface area contributed by atoms with Gasteiger partial charge in [0, 0.05) is 6.42 Å². The summed E-state index contributed by atoms with van der Waals surface area (Å²) in [4.78, 5) is 12.8. The molecule has 1 heterocycles. The van der Waals surface area contributed by atoms with Crippen LogP contribution >= 0.6 is 0 Å². The molecule has 7 atom stereocenters. The molecule has 6 N–H and O–H groups in total. The first kappa shape index (κ1) is 47.2. The molecule has 1 aliphatic heterocycles. The molecular formula is C41H81NO8. The minimum Gasteiger partial charge on any atom is -0.394 e. The molecule has 0 radical (unpaired) electrons. The van der Waals surface area contributed by atoms with Crippen LogP contribution in [0.4, 0.5) is 0 Å². The molecule has 0 aromatic heterocycles. The molecule has 1 rings (SSSR count). The highest BCUT2D eigenvalue weighted by atomic mass is 16.7. The number of aliphatic hydroxyl groups excluding tert-OH is 5. The van der Waals surface area contributed by atoms with E-state index in [2.05, 4.69) is 19.2 Å². The molecular weight excluding hydrogens is 634 g/mol. The molecule has 1 amide bonds. The minimum atomic E-state index is -1.55. The largest absolute Gasteiger partial charge is 0.394 e. The quantitative estimate of drug-likeness (QED) is 0.0362. The second-order valence-corrected chi connectivity index (χ2v) is 15.1. The summed E-state index contributed by atoms with van der Waals surface area (Å²) in [5.74, 6) is -0.152. The number of hydrogen-bond acceptors (Lipinski definition) is 8. The standard InChI is InChI=1S/C41H81NO8/c1-3-5-7-9-11-12-13-14-15-16-17-18-19-20-21-22-23-24-25-26-28-30-35(44)34(42-37(45)31-29-27-10-8-6-4-2)33-49-41-40(48)39(47)38(46)36(32-43)50-41/h34-36,38-41,43-44,46-48H,3-33H2,1-2H3,(H,42,45). The summed E-state index contributed by atoms with van der Waals surface area (Å²) in [6.07, 6.45) is 27.2. The van der Waals surface area contributed by atoms with E-state index < -0.39 is 49.5 Å². The van der Waals surface area contributed by atoms with Crippen molar-refractivity contribution in [3.8, 4) is 0 Å². The number of carbonyl (C=O) groups is 1. The Morgan fingerprint density at radius 3 is 1.42 bits per heavy atom. The van der Waals surface area contributed by atoms with Crippen LogP contribution in [0.15, 0.2) is 0 Å². The van der Waals surface area contributed by atoms with Gasteiger partial charge in [-0.1, -0.05) is 181 Å². The fourth-order valence-electron chi connectivity index (χ4n) is 6.98. The molecule has 298 valence electrons. The summed E-state index contributed by atoms with van der Waals surface area (Å²) in [6.45, 7) is 3.77. The topological polar surface area (TPSA) is 149 Å². The van der Waals surface area contributed by atoms with Crippen molar-refractivity contribution in [2.75, 3.05) is 13.2 Å². The number of amides is 1. The van der Waals surface area contributed by atoms with Gasteiger partial charge in [0.05, 0.1) is 25.4 Å². The van der Waals surface area contributed by atoms with Crippen LogP contribution in [0, 0.1) is 0 Å². The summed E-state index contributed by atoms with van der Waals surface area (Å²) >= 11 is 0. The smallest absolute Gasteiger partial charge is 0.220 e. The maximum absolute atomic E-state index is 12.8. The van der Waals surface area contributed by atoms with Gasteiger partial charge in [0.1, 0.15) is 24.4 Å². The first-order valence-corrected chi connectivity index (χ1v) is 21.2. The van der Waals surface area contributed by atoms with Gasteiger partial charge in [-0.25, -0.2) is 0 Å². The van der Waals surface area contributed by atoms with E-state index >= 15 is 0 Å². The number of aliphatic hydroxyl groups is 5. The van der Waals surface area contributed by atoms with Crippen LogP contribution in [0.2, 0.25) is 0 Å². The number of nitrogens with one attached hydrogen (secondary N) is 1. The van der Waals surface area contributed by atoms with Crippen LogP contribution in [-0.2, 0) is 14.3 Å². The maximum atomic E-state index is 12.8. The van der Waals surface area contributed by atoms with Crippen molar-refractivity contribution in [1.29, 1.82) is 0 Å². The molecule has 0 bridgehead atoms. The van der Waals surface area contributed by atoms with Crippen molar-refractivity contribution in [2.24, 2.45) is 0 Å². The zero-order valence-electron chi connectivity index (χ0n) is 32.4. The zero-order chi connectivity index (χ0) is 36.7. The van der Waals surface area contributed by atoms with Gasteiger partial charge in [0.15, 0.2) is 6.29 Å². The molecule has 0 aromatic carbocycles. The summed E-state index contributed by atoms with van der Waals surface area (Å²) < 4.78 is 11.2. The lowest BCUT2D eigenvalue weighted by atomic mass is 9.99. The van der Waals surface area contributed by atoms with Crippen molar-refractivity contribution >= 4 is 5.91 Å². The van der Waals surface area contributed by atoms with E-state index in [4.69, 9.17) is 9.47 Å². The van der Waals surface area contributed by atoms with Gasteiger partial charge in [-0.05, 0) is 12.8 Å². The first-order chi connectivity index (χ1) is 24.3. The van der Waals surface area contributed by atoms with Gasteiger partial charge >= 0.3 is 0 Å². The Morgan fingerprint density at radius 1 is 0.600 bits per heavy atom. The van der Waals surface area contributed by atoms with E-state index in [0.29, 0.717) is 12.8 Å². The third-order valence-electron chi connectivity index (χ3n) is 10.5. The fourth-order valence-corrected chi connectivity index (χ4v) is 6.98. The normalized spacial score (nSPS) is 22.1. The van der Waals surface area contributed by atoms with Crippen LogP contribution in [-0.4, -0.2) is 87.5 Å². The molecule has 1 saturated heterocycles. The molecule has 1 aliphatic rings. The number of ether oxygens (including phenoxy) is 2. The SMILES string of the molecule is CCCCCCCCCCCCCCCCCCCCCCCC(O)C(COC1OC(CO)C(O)C(O)C1O)NC(=O)CCCCCCCC. The first-order valence-electron chi connectivity index (χ1n) is 21.2. The molecule has 7 unspecified atom stereocenters. The van der Waals surface area contributed by atoms with Crippen molar-refractivity contribution in [3.63, 3.8) is 0 Å². The zero-order valence-corrected chi connectivity index (χ0v) is 32.4. The lowest BCUT2D eigenvalue weighted by Gasteiger charge is -2.40. The Morgan fingerprint density at radius 2 is 1.00 bits per heavy atom. The van der Waals surface area contributed by atoms with Gasteiger partial charge in [-0.3, -0.25) is 4.79 Å². The fraction of sp³-hybridized carbons (Fsp3) is 0.976. The number of hydrogen-bond donors (Lipinski definition) is 6. The van der Waals surface area contributed by atoms with Crippen LogP contribution in [0.25, 0.3) is 0 Å². The third-order valence-corrected chi connectivity index (χ3v) is 10.5. The predicted octanol–water partition coefficient (Wildman–Crippen LogP) is 8.00. The monoisotopic (exact) mass is 716 g/mol. The van der Waals surface area contributed by atoms with E-state index in [1.54, 1.807) is 0 Å². The highest BCUT2D eigenvalue weighted by Crippen LogP contribution is 2.23. The van der Waals surface area contributed by atoms with E-state index in [1.807, 2.05) is 0 Å². The van der Waals surface area contributed by atoms with Gasteiger partial charge in [-0.15, -0.1) is 0 Å². The number of unbranched alkanes of at least 4 members (excludes halogenated alkanes) is 25. The van der Waals surface area contributed by atoms with Gasteiger partial charge in [0.2, 0.25) is 5.91 Å². The third kappa shape index (κ3) is 23.7. The van der Waals surface area contributed by atoms with E-state index in [9.17, 15) is 30.3 Å². The molecule has 0 spiro atoms. The lowest BCUT2D eigenvalue weighted by Crippen LogP contribution is -2.60. The average molecular weight is 716 g/mol. The highest BCUT2D eigenvalue weighted by Gasteiger charge is 2.44. The molecule has 1 fully saturated rings. The van der Waals surface area contributed by atoms with Gasteiger partial charge in [-0.2, -0.15) is 0 Å². The van der Waals surface area contributed by atoms with Crippen molar-refractivity contribution in [3.05, 3.63) is 0 Å². The maximum Gasteiger partial charge on any atom is 0.220 e. The second kappa shape index (κ2) is 32.8.